The number of hydrogen-bond acceptors (Lipinski definition) is 4. The normalized spacial score (nSPS) is 22.3. The van der Waals surface area contributed by atoms with Crippen LogP contribution < -0.4 is 5.32 Å². The zero-order chi connectivity index (χ0) is 19.0. The molecule has 27 heavy (non-hydrogen) atoms. The molecule has 1 saturated heterocycles. The Morgan fingerprint density at radius 2 is 1.85 bits per heavy atom. The lowest BCUT2D eigenvalue weighted by Crippen LogP contribution is -2.46. The van der Waals surface area contributed by atoms with Crippen molar-refractivity contribution in [3.8, 4) is 6.07 Å². The smallest absolute Gasteiger partial charge is 0.255 e. The first-order valence-corrected chi connectivity index (χ1v) is 9.47. The first-order chi connectivity index (χ1) is 13.1. The van der Waals surface area contributed by atoms with Gasteiger partial charge in [0.15, 0.2) is 0 Å². The topological polar surface area (TPSA) is 93.5 Å². The van der Waals surface area contributed by atoms with Crippen LogP contribution in [0.5, 0.6) is 0 Å². The van der Waals surface area contributed by atoms with Crippen LogP contribution in [0.1, 0.15) is 47.6 Å². The molecule has 1 unspecified atom stereocenters. The van der Waals surface area contributed by atoms with E-state index in [0.29, 0.717) is 37.1 Å². The van der Waals surface area contributed by atoms with E-state index < -0.39 is 6.04 Å². The molecule has 0 spiro atoms. The van der Waals surface area contributed by atoms with Gasteiger partial charge in [0, 0.05) is 30.6 Å². The average Bonchev–Trinajstić information content (AvgIpc) is 3.50. The van der Waals surface area contributed by atoms with Crippen LogP contribution in [0.15, 0.2) is 24.3 Å². The number of nitrogens with zero attached hydrogens (tertiary/aromatic N) is 3. The van der Waals surface area contributed by atoms with Crippen LogP contribution in [0.3, 0.4) is 0 Å². The molecule has 0 aromatic heterocycles. The minimum Gasteiger partial charge on any atom is -0.345 e. The maximum Gasteiger partial charge on any atom is 0.255 e. The molecule has 7 nitrogen and oxygen atoms in total. The highest BCUT2D eigenvalue weighted by Gasteiger charge is 2.47. The summed E-state index contributed by atoms with van der Waals surface area (Å²) in [5.41, 5.74) is 1.30. The van der Waals surface area contributed by atoms with E-state index in [9.17, 15) is 14.4 Å². The molecule has 1 aromatic carbocycles. The summed E-state index contributed by atoms with van der Waals surface area (Å²) in [5, 5.41) is 11.7. The molecule has 1 aromatic rings. The van der Waals surface area contributed by atoms with Crippen molar-refractivity contribution < 1.29 is 14.4 Å². The van der Waals surface area contributed by atoms with Gasteiger partial charge in [-0.2, -0.15) is 5.26 Å². The zero-order valence-electron chi connectivity index (χ0n) is 15.1. The summed E-state index contributed by atoms with van der Waals surface area (Å²) in [6, 6.07) is 8.90. The summed E-state index contributed by atoms with van der Waals surface area (Å²) in [7, 11) is 0. The number of carbonyl (C=O) groups is 3. The summed E-state index contributed by atoms with van der Waals surface area (Å²) in [4.78, 5) is 41.3. The van der Waals surface area contributed by atoms with Gasteiger partial charge < -0.3 is 15.1 Å². The number of piperidine rings is 1. The molecule has 7 heteroatoms. The maximum absolute atomic E-state index is 12.9. The first kappa shape index (κ1) is 17.5. The molecule has 3 aliphatic rings. The van der Waals surface area contributed by atoms with Gasteiger partial charge >= 0.3 is 0 Å². The Morgan fingerprint density at radius 3 is 2.52 bits per heavy atom. The van der Waals surface area contributed by atoms with Gasteiger partial charge in [-0.1, -0.05) is 18.2 Å². The predicted molar refractivity (Wildman–Crippen MR) is 96.3 cm³/mol. The molecule has 1 aliphatic carbocycles. The van der Waals surface area contributed by atoms with Crippen molar-refractivity contribution in [2.45, 2.75) is 37.8 Å². The maximum atomic E-state index is 12.9. The van der Waals surface area contributed by atoms with Crippen molar-refractivity contribution in [1.82, 2.24) is 15.1 Å². The molecule has 1 atom stereocenters. The molecular formula is C20H22N4O3. The molecule has 2 aliphatic heterocycles. The van der Waals surface area contributed by atoms with Crippen LogP contribution in [0, 0.1) is 17.2 Å². The number of amides is 3. The van der Waals surface area contributed by atoms with Gasteiger partial charge in [0.25, 0.3) is 5.91 Å². The van der Waals surface area contributed by atoms with Crippen molar-refractivity contribution in [2.24, 2.45) is 5.92 Å². The lowest BCUT2D eigenvalue weighted by molar-refractivity contribution is -0.135. The Bertz CT molecular complexity index is 819. The summed E-state index contributed by atoms with van der Waals surface area (Å²) in [6.45, 7) is 1.01. The van der Waals surface area contributed by atoms with Crippen molar-refractivity contribution in [1.29, 1.82) is 5.26 Å². The molecule has 1 saturated carbocycles. The lowest BCUT2D eigenvalue weighted by Gasteiger charge is -2.30. The third kappa shape index (κ3) is 3.27. The number of nitrogens with one attached hydrogen (secondary N) is 1. The molecule has 4 rings (SSSR count). The fraction of sp³-hybridized carbons (Fsp3) is 0.500. The molecule has 0 radical (unpaired) electrons. The second-order valence-electron chi connectivity index (χ2n) is 7.44. The molecule has 1 N–H and O–H groups in total. The SMILES string of the molecule is N#CC1CCN(C(=O)CNC(=O)C2c3ccccc3C(=O)N2C2CC2)CC1. The summed E-state index contributed by atoms with van der Waals surface area (Å²) in [6.07, 6.45) is 3.18. The minimum atomic E-state index is -0.654. The molecule has 2 fully saturated rings. The van der Waals surface area contributed by atoms with Crippen molar-refractivity contribution in [2.75, 3.05) is 19.6 Å². The highest BCUT2D eigenvalue weighted by Crippen LogP contribution is 2.41. The van der Waals surface area contributed by atoms with Crippen molar-refractivity contribution >= 4 is 17.7 Å². The Morgan fingerprint density at radius 1 is 1.15 bits per heavy atom. The fourth-order valence-electron chi connectivity index (χ4n) is 3.96. The third-order valence-electron chi connectivity index (χ3n) is 5.63. The van der Waals surface area contributed by atoms with Crippen molar-refractivity contribution in [3.05, 3.63) is 35.4 Å². The molecule has 140 valence electrons. The number of hydrogen-bond donors (Lipinski definition) is 1. The predicted octanol–water partition coefficient (Wildman–Crippen LogP) is 1.22. The molecule has 0 bridgehead atoms. The number of benzene rings is 1. The summed E-state index contributed by atoms with van der Waals surface area (Å²) in [5.74, 6) is -0.536. The number of rotatable bonds is 4. The van der Waals surface area contributed by atoms with E-state index in [1.165, 1.54) is 0 Å². The number of fused-ring (bicyclic) bond motifs is 1. The lowest BCUT2D eigenvalue weighted by atomic mass is 9.98. The second kappa shape index (κ2) is 7.03. The molecular weight excluding hydrogens is 344 g/mol. The summed E-state index contributed by atoms with van der Waals surface area (Å²) < 4.78 is 0. The van der Waals surface area contributed by atoms with Gasteiger partial charge in [-0.3, -0.25) is 14.4 Å². The van der Waals surface area contributed by atoms with E-state index in [4.69, 9.17) is 5.26 Å². The third-order valence-corrected chi connectivity index (χ3v) is 5.63. The van der Waals surface area contributed by atoms with Gasteiger partial charge in [0.05, 0.1) is 12.6 Å². The molecule has 3 amide bonds. The highest BCUT2D eigenvalue weighted by atomic mass is 16.2. The Hall–Kier alpha value is -2.88. The molecule has 2 heterocycles. The largest absolute Gasteiger partial charge is 0.345 e. The van der Waals surface area contributed by atoms with Gasteiger partial charge in [-0.05, 0) is 37.3 Å². The van der Waals surface area contributed by atoms with Crippen LogP contribution in [-0.4, -0.2) is 53.2 Å². The Labute approximate surface area is 157 Å². The van der Waals surface area contributed by atoms with Crippen LogP contribution in [-0.2, 0) is 9.59 Å². The standard InChI is InChI=1S/C20H22N4O3/c21-11-13-7-9-23(10-8-13)17(25)12-22-19(26)18-15-3-1-2-4-16(15)20(27)24(18)14-5-6-14/h1-4,13-14,18H,5-10,12H2,(H,22,26). The monoisotopic (exact) mass is 366 g/mol. The highest BCUT2D eigenvalue weighted by molar-refractivity contribution is 6.05. The van der Waals surface area contributed by atoms with Crippen LogP contribution >= 0.6 is 0 Å². The minimum absolute atomic E-state index is 0.0109. The number of nitriles is 1. The fourth-order valence-corrected chi connectivity index (χ4v) is 3.96. The van der Waals surface area contributed by atoms with Crippen LogP contribution in [0.2, 0.25) is 0 Å². The van der Waals surface area contributed by atoms with Crippen LogP contribution in [0.25, 0.3) is 0 Å². The van der Waals surface area contributed by atoms with Gasteiger partial charge in [-0.25, -0.2) is 0 Å². The summed E-state index contributed by atoms with van der Waals surface area (Å²) >= 11 is 0. The van der Waals surface area contributed by atoms with E-state index in [2.05, 4.69) is 11.4 Å². The average molecular weight is 366 g/mol. The Balaban J connectivity index is 1.41. The van der Waals surface area contributed by atoms with E-state index in [1.807, 2.05) is 12.1 Å². The Kier molecular flexibility index (Phi) is 4.56. The number of carbonyl (C=O) groups excluding carboxylic acids is 3. The van der Waals surface area contributed by atoms with Gasteiger partial charge in [0.1, 0.15) is 6.04 Å². The first-order valence-electron chi connectivity index (χ1n) is 9.47. The van der Waals surface area contributed by atoms with E-state index in [-0.39, 0.29) is 36.2 Å². The second-order valence-corrected chi connectivity index (χ2v) is 7.44. The van der Waals surface area contributed by atoms with Crippen molar-refractivity contribution in [3.63, 3.8) is 0 Å². The van der Waals surface area contributed by atoms with Gasteiger partial charge in [-0.15, -0.1) is 0 Å². The van der Waals surface area contributed by atoms with Gasteiger partial charge in [0.2, 0.25) is 11.8 Å². The number of likely N-dealkylation sites (tertiary alicyclic amines) is 1. The van der Waals surface area contributed by atoms with E-state index >= 15 is 0 Å². The quantitative estimate of drug-likeness (QED) is 0.867. The van der Waals surface area contributed by atoms with E-state index in [1.54, 1.807) is 21.9 Å². The zero-order valence-corrected chi connectivity index (χ0v) is 15.1. The van der Waals surface area contributed by atoms with Crippen LogP contribution in [0.4, 0.5) is 0 Å². The van der Waals surface area contributed by atoms with E-state index in [0.717, 1.165) is 12.8 Å².